The summed E-state index contributed by atoms with van der Waals surface area (Å²) in [5.41, 5.74) is 1.37. The molecule has 1 aromatic rings. The summed E-state index contributed by atoms with van der Waals surface area (Å²) < 4.78 is 1.87. The lowest BCUT2D eigenvalue weighted by Crippen LogP contribution is -2.26. The highest BCUT2D eigenvalue weighted by atomic mass is 16.3. The number of nitrogens with one attached hydrogen (secondary N) is 1. The van der Waals surface area contributed by atoms with Crippen LogP contribution in [0.2, 0.25) is 0 Å². The number of aliphatic hydroxyl groups is 1. The summed E-state index contributed by atoms with van der Waals surface area (Å²) in [5.74, 6) is 0. The topological polar surface area (TPSA) is 50.1 Å². The van der Waals surface area contributed by atoms with E-state index >= 15 is 0 Å². The largest absolute Gasteiger partial charge is 0.396 e. The van der Waals surface area contributed by atoms with E-state index in [0.717, 1.165) is 25.9 Å². The lowest BCUT2D eigenvalue weighted by molar-refractivity contribution is 0.207. The second-order valence-electron chi connectivity index (χ2n) is 4.21. The van der Waals surface area contributed by atoms with Crippen LogP contribution in [-0.2, 0) is 13.6 Å². The first-order valence-electron chi connectivity index (χ1n) is 5.04. The Balaban J connectivity index is 1.76. The smallest absolute Gasteiger partial charge is 0.0518 e. The summed E-state index contributed by atoms with van der Waals surface area (Å²) in [6.45, 7) is 2.05. The summed E-state index contributed by atoms with van der Waals surface area (Å²) in [5, 5.41) is 16.6. The van der Waals surface area contributed by atoms with Crippen molar-refractivity contribution in [2.75, 3.05) is 13.2 Å². The fourth-order valence-electron chi connectivity index (χ4n) is 1.60. The van der Waals surface area contributed by atoms with Crippen LogP contribution in [0.15, 0.2) is 12.3 Å². The number of hydrogen-bond acceptors (Lipinski definition) is 3. The SMILES string of the molecule is Cn1nccc1CNCC1(CO)CC1. The predicted octanol–water partition coefficient (Wildman–Crippen LogP) is 0.282. The molecule has 1 heterocycles. The minimum Gasteiger partial charge on any atom is -0.396 e. The van der Waals surface area contributed by atoms with Gasteiger partial charge >= 0.3 is 0 Å². The summed E-state index contributed by atoms with van der Waals surface area (Å²) >= 11 is 0. The molecule has 4 nitrogen and oxygen atoms in total. The molecular formula is C10H17N3O. The van der Waals surface area contributed by atoms with Crippen LogP contribution in [-0.4, -0.2) is 28.0 Å². The zero-order valence-corrected chi connectivity index (χ0v) is 8.53. The van der Waals surface area contributed by atoms with Crippen LogP contribution in [0.3, 0.4) is 0 Å². The maximum atomic E-state index is 9.11. The van der Waals surface area contributed by atoms with Gasteiger partial charge in [-0.2, -0.15) is 5.10 Å². The molecule has 1 saturated carbocycles. The quantitative estimate of drug-likeness (QED) is 0.709. The van der Waals surface area contributed by atoms with Gasteiger partial charge < -0.3 is 10.4 Å². The molecule has 0 aromatic carbocycles. The third-order valence-corrected chi connectivity index (χ3v) is 3.02. The van der Waals surface area contributed by atoms with Gasteiger partial charge in [0.15, 0.2) is 0 Å². The minimum atomic E-state index is 0.193. The standard InChI is InChI=1S/C10H17N3O/c1-13-9(2-5-12-13)6-11-7-10(8-14)3-4-10/h2,5,11,14H,3-4,6-8H2,1H3. The monoisotopic (exact) mass is 195 g/mol. The van der Waals surface area contributed by atoms with Crippen molar-refractivity contribution in [2.45, 2.75) is 19.4 Å². The molecule has 0 unspecified atom stereocenters. The Hall–Kier alpha value is -0.870. The highest BCUT2D eigenvalue weighted by Crippen LogP contribution is 2.44. The van der Waals surface area contributed by atoms with Crippen molar-refractivity contribution in [1.82, 2.24) is 15.1 Å². The van der Waals surface area contributed by atoms with Gasteiger partial charge in [0.05, 0.1) is 5.69 Å². The van der Waals surface area contributed by atoms with E-state index in [9.17, 15) is 0 Å². The van der Waals surface area contributed by atoms with Gasteiger partial charge in [-0.05, 0) is 18.9 Å². The minimum absolute atomic E-state index is 0.193. The Kier molecular flexibility index (Phi) is 2.56. The molecule has 2 rings (SSSR count). The van der Waals surface area contributed by atoms with Gasteiger partial charge in [0, 0.05) is 38.4 Å². The van der Waals surface area contributed by atoms with E-state index in [1.54, 1.807) is 6.20 Å². The molecule has 14 heavy (non-hydrogen) atoms. The first-order chi connectivity index (χ1) is 6.76. The Morgan fingerprint density at radius 3 is 2.93 bits per heavy atom. The number of aliphatic hydroxyl groups excluding tert-OH is 1. The molecular weight excluding hydrogens is 178 g/mol. The Morgan fingerprint density at radius 1 is 1.64 bits per heavy atom. The highest BCUT2D eigenvalue weighted by molar-refractivity contribution is 5.00. The van der Waals surface area contributed by atoms with Gasteiger partial charge in [-0.25, -0.2) is 0 Å². The maximum absolute atomic E-state index is 9.11. The van der Waals surface area contributed by atoms with E-state index in [0.29, 0.717) is 6.61 Å². The summed E-state index contributed by atoms with van der Waals surface area (Å²) in [7, 11) is 1.94. The fourth-order valence-corrected chi connectivity index (χ4v) is 1.60. The second kappa shape index (κ2) is 3.71. The van der Waals surface area contributed by atoms with Crippen molar-refractivity contribution in [3.8, 4) is 0 Å². The molecule has 1 aliphatic carbocycles. The van der Waals surface area contributed by atoms with Gasteiger partial charge in [0.25, 0.3) is 0 Å². The van der Waals surface area contributed by atoms with Gasteiger partial charge in [-0.3, -0.25) is 4.68 Å². The van der Waals surface area contributed by atoms with E-state index in [1.165, 1.54) is 5.69 Å². The van der Waals surface area contributed by atoms with Gasteiger partial charge in [-0.15, -0.1) is 0 Å². The lowest BCUT2D eigenvalue weighted by atomic mass is 10.1. The molecule has 0 aliphatic heterocycles. The Bertz CT molecular complexity index is 304. The normalized spacial score (nSPS) is 18.4. The predicted molar refractivity (Wildman–Crippen MR) is 53.7 cm³/mol. The zero-order chi connectivity index (χ0) is 10.0. The summed E-state index contributed by atoms with van der Waals surface area (Å²) in [6.07, 6.45) is 4.11. The molecule has 2 N–H and O–H groups in total. The van der Waals surface area contributed by atoms with Crippen LogP contribution < -0.4 is 5.32 Å². The maximum Gasteiger partial charge on any atom is 0.0518 e. The molecule has 1 aliphatic rings. The fraction of sp³-hybridized carbons (Fsp3) is 0.700. The van der Waals surface area contributed by atoms with Crippen molar-refractivity contribution < 1.29 is 5.11 Å². The van der Waals surface area contributed by atoms with E-state index < -0.39 is 0 Å². The van der Waals surface area contributed by atoms with Crippen LogP contribution in [0.5, 0.6) is 0 Å². The zero-order valence-electron chi connectivity index (χ0n) is 8.53. The first-order valence-corrected chi connectivity index (χ1v) is 5.04. The van der Waals surface area contributed by atoms with Crippen LogP contribution in [0, 0.1) is 5.41 Å². The molecule has 78 valence electrons. The molecule has 0 spiro atoms. The average molecular weight is 195 g/mol. The molecule has 4 heteroatoms. The van der Waals surface area contributed by atoms with Crippen LogP contribution in [0.25, 0.3) is 0 Å². The Labute approximate surface area is 83.9 Å². The number of rotatable bonds is 5. The number of aromatic nitrogens is 2. The molecule has 0 radical (unpaired) electrons. The van der Waals surface area contributed by atoms with Crippen molar-refractivity contribution in [2.24, 2.45) is 12.5 Å². The van der Waals surface area contributed by atoms with Gasteiger partial charge in [0.1, 0.15) is 0 Å². The average Bonchev–Trinajstić information content (AvgIpc) is 2.86. The van der Waals surface area contributed by atoms with E-state index in [-0.39, 0.29) is 5.41 Å². The Morgan fingerprint density at radius 2 is 2.43 bits per heavy atom. The van der Waals surface area contributed by atoms with E-state index in [4.69, 9.17) is 5.11 Å². The number of aryl methyl sites for hydroxylation is 1. The van der Waals surface area contributed by atoms with E-state index in [1.807, 2.05) is 17.8 Å². The lowest BCUT2D eigenvalue weighted by Gasteiger charge is -2.12. The van der Waals surface area contributed by atoms with Crippen LogP contribution in [0.4, 0.5) is 0 Å². The third-order valence-electron chi connectivity index (χ3n) is 3.02. The molecule has 0 amide bonds. The van der Waals surface area contributed by atoms with Crippen LogP contribution in [0.1, 0.15) is 18.5 Å². The first kappa shape index (κ1) is 9.68. The number of nitrogens with zero attached hydrogens (tertiary/aromatic N) is 2. The molecule has 1 aromatic heterocycles. The van der Waals surface area contributed by atoms with Crippen molar-refractivity contribution >= 4 is 0 Å². The summed E-state index contributed by atoms with van der Waals surface area (Å²) in [4.78, 5) is 0. The third kappa shape index (κ3) is 1.96. The second-order valence-corrected chi connectivity index (χ2v) is 4.21. The molecule has 0 bridgehead atoms. The van der Waals surface area contributed by atoms with Crippen LogP contribution >= 0.6 is 0 Å². The molecule has 0 saturated heterocycles. The molecule has 1 fully saturated rings. The molecule has 0 atom stereocenters. The van der Waals surface area contributed by atoms with Gasteiger partial charge in [-0.1, -0.05) is 0 Å². The van der Waals surface area contributed by atoms with Crippen molar-refractivity contribution in [3.63, 3.8) is 0 Å². The highest BCUT2D eigenvalue weighted by Gasteiger charge is 2.41. The van der Waals surface area contributed by atoms with E-state index in [2.05, 4.69) is 10.4 Å². The number of hydrogen-bond donors (Lipinski definition) is 2. The van der Waals surface area contributed by atoms with Crippen molar-refractivity contribution in [1.29, 1.82) is 0 Å². The summed E-state index contributed by atoms with van der Waals surface area (Å²) in [6, 6.07) is 2.01. The van der Waals surface area contributed by atoms with Gasteiger partial charge in [0.2, 0.25) is 0 Å². The van der Waals surface area contributed by atoms with Crippen molar-refractivity contribution in [3.05, 3.63) is 18.0 Å².